The summed E-state index contributed by atoms with van der Waals surface area (Å²) in [6, 6.07) is 8.70. The topological polar surface area (TPSA) is 57.4 Å². The molecule has 2 N–H and O–H groups in total. The van der Waals surface area contributed by atoms with Gasteiger partial charge in [-0.05, 0) is 56.3 Å². The number of aromatic nitrogens is 4. The largest absolute Gasteiger partial charge is 0.281 e. The van der Waals surface area contributed by atoms with Gasteiger partial charge in [-0.2, -0.15) is 10.2 Å². The van der Waals surface area contributed by atoms with Crippen LogP contribution in [0, 0.1) is 7.14 Å². The number of nitrogens with one attached hydrogen (secondary N) is 2. The number of hydrogen-bond donors (Lipinski definition) is 2. The molecule has 0 amide bonds. The van der Waals surface area contributed by atoms with Crippen LogP contribution in [0.25, 0.3) is 0 Å². The summed E-state index contributed by atoms with van der Waals surface area (Å²) in [5, 5.41) is 14.2. The van der Waals surface area contributed by atoms with E-state index in [4.69, 9.17) is 0 Å². The van der Waals surface area contributed by atoms with Gasteiger partial charge in [-0.1, -0.05) is 24.3 Å². The van der Waals surface area contributed by atoms with Crippen LogP contribution in [0.15, 0.2) is 36.7 Å². The van der Waals surface area contributed by atoms with Gasteiger partial charge >= 0.3 is 0 Å². The number of rotatable bonds is 4. The second-order valence-corrected chi connectivity index (χ2v) is 6.89. The van der Waals surface area contributed by atoms with Crippen LogP contribution < -0.4 is 0 Å². The van der Waals surface area contributed by atoms with Crippen LogP contribution in [0.2, 0.25) is 0 Å². The van der Waals surface area contributed by atoms with E-state index in [-0.39, 0.29) is 0 Å². The third kappa shape index (κ3) is 3.22. The van der Waals surface area contributed by atoms with Crippen LogP contribution >= 0.6 is 45.2 Å². The molecular weight excluding hydrogens is 478 g/mol. The molecule has 0 saturated carbocycles. The van der Waals surface area contributed by atoms with Crippen molar-refractivity contribution in [2.75, 3.05) is 0 Å². The van der Waals surface area contributed by atoms with Crippen molar-refractivity contribution >= 4 is 45.2 Å². The van der Waals surface area contributed by atoms with E-state index < -0.39 is 0 Å². The van der Waals surface area contributed by atoms with Gasteiger partial charge in [0.15, 0.2) is 0 Å². The highest BCUT2D eigenvalue weighted by Gasteiger charge is 2.05. The average molecular weight is 490 g/mol. The summed E-state index contributed by atoms with van der Waals surface area (Å²) in [6.45, 7) is 0. The summed E-state index contributed by atoms with van der Waals surface area (Å²) >= 11 is 4.60. The Kier molecular flexibility index (Phi) is 4.39. The molecular formula is C14H12I2N4. The third-order valence-electron chi connectivity index (χ3n) is 3.12. The second-order valence-electron chi connectivity index (χ2n) is 4.56. The minimum Gasteiger partial charge on any atom is -0.281 e. The zero-order valence-corrected chi connectivity index (χ0v) is 14.8. The molecule has 1 aromatic carbocycles. The van der Waals surface area contributed by atoms with Gasteiger partial charge in [0.05, 0.1) is 30.9 Å². The van der Waals surface area contributed by atoms with Gasteiger partial charge in [0.25, 0.3) is 0 Å². The molecule has 2 aromatic heterocycles. The van der Waals surface area contributed by atoms with Gasteiger partial charge in [0.2, 0.25) is 0 Å². The first-order valence-electron chi connectivity index (χ1n) is 6.15. The number of aromatic amines is 2. The Labute approximate surface area is 144 Å². The third-order valence-corrected chi connectivity index (χ3v) is 4.98. The first-order valence-corrected chi connectivity index (χ1v) is 8.31. The van der Waals surface area contributed by atoms with Crippen LogP contribution in [0.4, 0.5) is 0 Å². The maximum atomic E-state index is 4.05. The summed E-state index contributed by atoms with van der Waals surface area (Å²) < 4.78 is 2.36. The molecule has 102 valence electrons. The lowest BCUT2D eigenvalue weighted by Crippen LogP contribution is -1.94. The van der Waals surface area contributed by atoms with Gasteiger partial charge in [-0.3, -0.25) is 10.2 Å². The highest BCUT2D eigenvalue weighted by Crippen LogP contribution is 2.17. The van der Waals surface area contributed by atoms with E-state index in [1.165, 1.54) is 29.7 Å². The fourth-order valence-electron chi connectivity index (χ4n) is 2.03. The Morgan fingerprint density at radius 2 is 1.15 bits per heavy atom. The number of H-pyrrole nitrogens is 2. The lowest BCUT2D eigenvalue weighted by Gasteiger charge is -2.03. The molecule has 0 fully saturated rings. The number of halogens is 2. The van der Waals surface area contributed by atoms with Crippen molar-refractivity contribution in [2.24, 2.45) is 0 Å². The van der Waals surface area contributed by atoms with Crippen molar-refractivity contribution in [1.29, 1.82) is 0 Å². The number of hydrogen-bond acceptors (Lipinski definition) is 2. The van der Waals surface area contributed by atoms with Crippen molar-refractivity contribution in [3.05, 3.63) is 66.3 Å². The highest BCUT2D eigenvalue weighted by atomic mass is 127. The average Bonchev–Trinajstić information content (AvgIpc) is 3.02. The summed E-state index contributed by atoms with van der Waals surface area (Å²) in [5.74, 6) is 0. The van der Waals surface area contributed by atoms with Gasteiger partial charge in [0.1, 0.15) is 0 Å². The minimum absolute atomic E-state index is 0.889. The molecule has 3 rings (SSSR count). The molecule has 0 bridgehead atoms. The number of nitrogens with zero attached hydrogens (tertiary/aromatic N) is 2. The molecule has 4 nitrogen and oxygen atoms in total. The van der Waals surface area contributed by atoms with E-state index in [2.05, 4.69) is 89.8 Å². The van der Waals surface area contributed by atoms with E-state index in [9.17, 15) is 0 Å². The summed E-state index contributed by atoms with van der Waals surface area (Å²) in [7, 11) is 0. The first kappa shape index (κ1) is 14.1. The molecule has 20 heavy (non-hydrogen) atoms. The van der Waals surface area contributed by atoms with Crippen molar-refractivity contribution in [3.8, 4) is 0 Å². The minimum atomic E-state index is 0.889. The van der Waals surface area contributed by atoms with Crippen molar-refractivity contribution in [2.45, 2.75) is 12.8 Å². The molecule has 6 heteroatoms. The van der Waals surface area contributed by atoms with Crippen molar-refractivity contribution in [3.63, 3.8) is 0 Å². The Morgan fingerprint density at radius 3 is 1.45 bits per heavy atom. The zero-order valence-electron chi connectivity index (χ0n) is 10.5. The van der Waals surface area contributed by atoms with E-state index in [1.54, 1.807) is 0 Å². The predicted octanol–water partition coefficient (Wildman–Crippen LogP) is 3.52. The van der Waals surface area contributed by atoms with E-state index in [1.807, 2.05) is 12.4 Å². The fourth-order valence-corrected chi connectivity index (χ4v) is 2.93. The van der Waals surface area contributed by atoms with Gasteiger partial charge in [-0.25, -0.2) is 0 Å². The van der Waals surface area contributed by atoms with Gasteiger partial charge in [0, 0.05) is 12.8 Å². The molecule has 0 aliphatic heterocycles. The smallest absolute Gasteiger partial charge is 0.0624 e. The molecule has 3 aromatic rings. The van der Waals surface area contributed by atoms with E-state index >= 15 is 0 Å². The second kappa shape index (κ2) is 6.25. The molecule has 0 radical (unpaired) electrons. The van der Waals surface area contributed by atoms with E-state index in [0.717, 1.165) is 12.8 Å². The molecule has 2 heterocycles. The summed E-state index contributed by atoms with van der Waals surface area (Å²) in [6.07, 6.45) is 5.48. The monoisotopic (exact) mass is 490 g/mol. The molecule has 0 saturated heterocycles. The van der Waals surface area contributed by atoms with Crippen molar-refractivity contribution in [1.82, 2.24) is 20.4 Å². The summed E-state index contributed by atoms with van der Waals surface area (Å²) in [4.78, 5) is 0. The maximum absolute atomic E-state index is 4.05. The summed E-state index contributed by atoms with van der Waals surface area (Å²) in [5.41, 5.74) is 4.91. The Balaban J connectivity index is 1.72. The molecule has 0 aliphatic rings. The standard InChI is InChI=1S/C14H12I2N4/c15-11-7-17-19-13(11)5-9-1-2-10(4-3-9)6-14-12(16)8-18-20-14/h1-4,7-8H,5-6H2,(H,17,19)(H,18,20). The lowest BCUT2D eigenvalue weighted by molar-refractivity contribution is 0.983. The van der Waals surface area contributed by atoms with Crippen LogP contribution in [0.5, 0.6) is 0 Å². The first-order chi connectivity index (χ1) is 9.72. The lowest BCUT2D eigenvalue weighted by atomic mass is 10.0. The van der Waals surface area contributed by atoms with Crippen LogP contribution in [0.1, 0.15) is 22.5 Å². The van der Waals surface area contributed by atoms with Crippen molar-refractivity contribution < 1.29 is 0 Å². The number of benzene rings is 1. The van der Waals surface area contributed by atoms with E-state index in [0.29, 0.717) is 0 Å². The molecule has 0 unspecified atom stereocenters. The zero-order chi connectivity index (χ0) is 13.9. The Bertz CT molecular complexity index is 639. The van der Waals surface area contributed by atoms with Crippen LogP contribution in [-0.2, 0) is 12.8 Å². The molecule has 0 spiro atoms. The quantitative estimate of drug-likeness (QED) is 0.551. The Morgan fingerprint density at radius 1 is 0.750 bits per heavy atom. The normalized spacial score (nSPS) is 10.9. The fraction of sp³-hybridized carbons (Fsp3) is 0.143. The van der Waals surface area contributed by atoms with Gasteiger partial charge < -0.3 is 0 Å². The maximum Gasteiger partial charge on any atom is 0.0624 e. The van der Waals surface area contributed by atoms with Crippen LogP contribution in [0.3, 0.4) is 0 Å². The predicted molar refractivity (Wildman–Crippen MR) is 94.7 cm³/mol. The van der Waals surface area contributed by atoms with Crippen LogP contribution in [-0.4, -0.2) is 20.4 Å². The highest BCUT2D eigenvalue weighted by molar-refractivity contribution is 14.1. The molecule has 0 atom stereocenters. The molecule has 0 aliphatic carbocycles. The Hall–Kier alpha value is -0.900. The van der Waals surface area contributed by atoms with Gasteiger partial charge in [-0.15, -0.1) is 0 Å². The SMILES string of the molecule is Ic1cn[nH]c1Cc1ccc(Cc2[nH]ncc2I)cc1.